The van der Waals surface area contributed by atoms with Gasteiger partial charge >= 0.3 is 0 Å². The number of aromatic nitrogens is 1. The zero-order chi connectivity index (χ0) is 17.1. The van der Waals surface area contributed by atoms with Gasteiger partial charge in [-0.15, -0.1) is 0 Å². The standard InChI is InChI=1S/C19H23N3O3/c23-18(17-7-9-20-25-17)22-10-4-8-19(14-22)13-21(11-12-24-15-19)16-5-2-1-3-6-16/h1-3,5-7,9H,4,8,10-15H2/t19-/m1/s1. The molecule has 1 atom stereocenters. The van der Waals surface area contributed by atoms with Gasteiger partial charge in [0.15, 0.2) is 0 Å². The zero-order valence-corrected chi connectivity index (χ0v) is 14.3. The normalized spacial score (nSPS) is 24.3. The lowest BCUT2D eigenvalue weighted by Gasteiger charge is -2.43. The number of carbonyl (C=O) groups excluding carboxylic acids is 1. The number of piperidine rings is 1. The molecule has 1 aromatic carbocycles. The Morgan fingerprint density at radius 3 is 2.80 bits per heavy atom. The summed E-state index contributed by atoms with van der Waals surface area (Å²) in [5, 5.41) is 3.65. The topological polar surface area (TPSA) is 58.8 Å². The second-order valence-corrected chi connectivity index (χ2v) is 7.02. The first-order valence-electron chi connectivity index (χ1n) is 8.84. The first kappa shape index (κ1) is 16.1. The van der Waals surface area contributed by atoms with Crippen LogP contribution in [0.2, 0.25) is 0 Å². The maximum atomic E-state index is 12.7. The van der Waals surface area contributed by atoms with Crippen molar-refractivity contribution >= 4 is 11.6 Å². The maximum Gasteiger partial charge on any atom is 0.292 e. The predicted octanol–water partition coefficient (Wildman–Crippen LogP) is 2.43. The van der Waals surface area contributed by atoms with E-state index in [4.69, 9.17) is 9.26 Å². The third-order valence-electron chi connectivity index (χ3n) is 5.16. The van der Waals surface area contributed by atoms with Crippen LogP contribution in [0.5, 0.6) is 0 Å². The van der Waals surface area contributed by atoms with Gasteiger partial charge in [0.2, 0.25) is 5.76 Å². The first-order chi connectivity index (χ1) is 12.3. The van der Waals surface area contributed by atoms with Crippen LogP contribution in [0.25, 0.3) is 0 Å². The van der Waals surface area contributed by atoms with E-state index in [0.29, 0.717) is 25.5 Å². The van der Waals surface area contributed by atoms with E-state index in [2.05, 4.69) is 34.3 Å². The van der Waals surface area contributed by atoms with E-state index in [-0.39, 0.29) is 11.3 Å². The molecule has 1 amide bonds. The van der Waals surface area contributed by atoms with Gasteiger partial charge in [-0.25, -0.2) is 0 Å². The summed E-state index contributed by atoms with van der Waals surface area (Å²) in [5.74, 6) is 0.235. The average molecular weight is 341 g/mol. The Bertz CT molecular complexity index is 704. The molecule has 0 N–H and O–H groups in total. The molecule has 0 saturated carbocycles. The van der Waals surface area contributed by atoms with Crippen LogP contribution in [-0.2, 0) is 4.74 Å². The molecule has 2 aliphatic heterocycles. The average Bonchev–Trinajstić information content (AvgIpc) is 3.12. The van der Waals surface area contributed by atoms with Gasteiger partial charge < -0.3 is 19.1 Å². The number of amides is 1. The first-order valence-corrected chi connectivity index (χ1v) is 8.84. The van der Waals surface area contributed by atoms with Crippen LogP contribution in [0.1, 0.15) is 23.4 Å². The number of ether oxygens (including phenoxy) is 1. The molecular formula is C19H23N3O3. The van der Waals surface area contributed by atoms with Crippen molar-refractivity contribution in [1.29, 1.82) is 0 Å². The number of hydrogen-bond donors (Lipinski definition) is 0. The van der Waals surface area contributed by atoms with E-state index < -0.39 is 0 Å². The molecule has 0 bridgehead atoms. The van der Waals surface area contributed by atoms with Crippen molar-refractivity contribution in [3.05, 3.63) is 48.4 Å². The SMILES string of the molecule is O=C(c1ccno1)N1CCC[C@]2(COCCN(c3ccccc3)C2)C1. The Balaban J connectivity index is 1.53. The predicted molar refractivity (Wildman–Crippen MR) is 93.5 cm³/mol. The lowest BCUT2D eigenvalue weighted by Crippen LogP contribution is -2.52. The number of para-hydroxylation sites is 1. The molecule has 25 heavy (non-hydrogen) atoms. The summed E-state index contributed by atoms with van der Waals surface area (Å²) in [6.07, 6.45) is 3.56. The summed E-state index contributed by atoms with van der Waals surface area (Å²) in [7, 11) is 0. The molecule has 132 valence electrons. The molecular weight excluding hydrogens is 318 g/mol. The highest BCUT2D eigenvalue weighted by molar-refractivity contribution is 5.91. The van der Waals surface area contributed by atoms with Crippen LogP contribution in [-0.4, -0.2) is 55.4 Å². The molecule has 1 aromatic heterocycles. The number of hydrogen-bond acceptors (Lipinski definition) is 5. The monoisotopic (exact) mass is 341 g/mol. The van der Waals surface area contributed by atoms with Crippen molar-refractivity contribution in [2.45, 2.75) is 12.8 Å². The second kappa shape index (κ2) is 6.88. The van der Waals surface area contributed by atoms with Crippen LogP contribution in [0, 0.1) is 5.41 Å². The quantitative estimate of drug-likeness (QED) is 0.840. The Kier molecular flexibility index (Phi) is 4.44. The number of anilines is 1. The third-order valence-corrected chi connectivity index (χ3v) is 5.16. The molecule has 0 aliphatic carbocycles. The molecule has 2 saturated heterocycles. The fourth-order valence-electron chi connectivity index (χ4n) is 3.96. The van der Waals surface area contributed by atoms with Crippen LogP contribution >= 0.6 is 0 Å². The van der Waals surface area contributed by atoms with Gasteiger partial charge in [-0.2, -0.15) is 0 Å². The number of nitrogens with zero attached hydrogens (tertiary/aromatic N) is 3. The van der Waals surface area contributed by atoms with Crippen molar-refractivity contribution < 1.29 is 14.1 Å². The van der Waals surface area contributed by atoms with Crippen molar-refractivity contribution in [3.8, 4) is 0 Å². The molecule has 6 heteroatoms. The van der Waals surface area contributed by atoms with E-state index in [9.17, 15) is 4.79 Å². The Morgan fingerprint density at radius 2 is 2.00 bits per heavy atom. The summed E-state index contributed by atoms with van der Waals surface area (Å²) in [5.41, 5.74) is 1.17. The molecule has 0 radical (unpaired) electrons. The maximum absolute atomic E-state index is 12.7. The molecule has 2 aromatic rings. The fourth-order valence-corrected chi connectivity index (χ4v) is 3.96. The van der Waals surface area contributed by atoms with Gasteiger partial charge in [-0.1, -0.05) is 23.4 Å². The summed E-state index contributed by atoms with van der Waals surface area (Å²) in [6.45, 7) is 4.63. The highest BCUT2D eigenvalue weighted by atomic mass is 16.5. The van der Waals surface area contributed by atoms with E-state index >= 15 is 0 Å². The molecule has 6 nitrogen and oxygen atoms in total. The molecule has 3 heterocycles. The lowest BCUT2D eigenvalue weighted by molar-refractivity contribution is 0.0119. The molecule has 2 fully saturated rings. The lowest BCUT2D eigenvalue weighted by atomic mass is 9.80. The fraction of sp³-hybridized carbons (Fsp3) is 0.474. The summed E-state index contributed by atoms with van der Waals surface area (Å²) in [4.78, 5) is 16.9. The van der Waals surface area contributed by atoms with Gasteiger partial charge in [-0.3, -0.25) is 4.79 Å². The van der Waals surface area contributed by atoms with Gasteiger partial charge in [-0.05, 0) is 25.0 Å². The highest BCUT2D eigenvalue weighted by Crippen LogP contribution is 2.35. The Morgan fingerprint density at radius 1 is 1.12 bits per heavy atom. The number of carbonyl (C=O) groups is 1. The number of rotatable bonds is 2. The molecule has 0 unspecified atom stereocenters. The van der Waals surface area contributed by atoms with Crippen molar-refractivity contribution in [1.82, 2.24) is 10.1 Å². The Hall–Kier alpha value is -2.34. The summed E-state index contributed by atoms with van der Waals surface area (Å²) in [6, 6.07) is 12.1. The van der Waals surface area contributed by atoms with E-state index in [1.807, 2.05) is 11.0 Å². The zero-order valence-electron chi connectivity index (χ0n) is 14.3. The van der Waals surface area contributed by atoms with Gasteiger partial charge in [0, 0.05) is 43.3 Å². The van der Waals surface area contributed by atoms with E-state index in [0.717, 1.165) is 32.5 Å². The van der Waals surface area contributed by atoms with E-state index in [1.165, 1.54) is 11.9 Å². The van der Waals surface area contributed by atoms with Gasteiger partial charge in [0.1, 0.15) is 0 Å². The van der Waals surface area contributed by atoms with Crippen LogP contribution < -0.4 is 4.90 Å². The van der Waals surface area contributed by atoms with Gasteiger partial charge in [0.25, 0.3) is 5.91 Å². The molecule has 2 aliphatic rings. The van der Waals surface area contributed by atoms with Crippen molar-refractivity contribution in [3.63, 3.8) is 0 Å². The highest BCUT2D eigenvalue weighted by Gasteiger charge is 2.41. The van der Waals surface area contributed by atoms with Crippen molar-refractivity contribution in [2.24, 2.45) is 5.41 Å². The second-order valence-electron chi connectivity index (χ2n) is 7.02. The number of likely N-dealkylation sites (tertiary alicyclic amines) is 1. The van der Waals surface area contributed by atoms with Crippen LogP contribution in [0.4, 0.5) is 5.69 Å². The smallest absolute Gasteiger partial charge is 0.292 e. The Labute approximate surface area is 147 Å². The summed E-state index contributed by atoms with van der Waals surface area (Å²) < 4.78 is 11.0. The minimum Gasteiger partial charge on any atom is -0.379 e. The van der Waals surface area contributed by atoms with E-state index in [1.54, 1.807) is 6.07 Å². The minimum atomic E-state index is -0.0768. The molecule has 1 spiro atoms. The van der Waals surface area contributed by atoms with Crippen LogP contribution in [0.15, 0.2) is 47.1 Å². The largest absolute Gasteiger partial charge is 0.379 e. The van der Waals surface area contributed by atoms with Crippen molar-refractivity contribution in [2.75, 3.05) is 44.3 Å². The third kappa shape index (κ3) is 3.39. The molecule has 4 rings (SSSR count). The van der Waals surface area contributed by atoms with Crippen LogP contribution in [0.3, 0.4) is 0 Å². The van der Waals surface area contributed by atoms with Gasteiger partial charge in [0.05, 0.1) is 19.4 Å². The minimum absolute atomic E-state index is 0.0414. The summed E-state index contributed by atoms with van der Waals surface area (Å²) >= 11 is 0. The number of benzene rings is 1.